The van der Waals surface area contributed by atoms with E-state index in [1.54, 1.807) is 42.5 Å². The lowest BCUT2D eigenvalue weighted by Crippen LogP contribution is -2.49. The van der Waals surface area contributed by atoms with Gasteiger partial charge < -0.3 is 24.4 Å². The molecule has 4 aliphatic rings. The fourth-order valence-electron chi connectivity index (χ4n) is 7.46. The van der Waals surface area contributed by atoms with E-state index < -0.39 is 29.2 Å². The van der Waals surface area contributed by atoms with Gasteiger partial charge in [0.2, 0.25) is 12.7 Å². The summed E-state index contributed by atoms with van der Waals surface area (Å²) in [6.07, 6.45) is 3.72. The van der Waals surface area contributed by atoms with Gasteiger partial charge in [-0.2, -0.15) is 5.26 Å². The van der Waals surface area contributed by atoms with Crippen molar-refractivity contribution in [1.82, 2.24) is 4.90 Å². The third kappa shape index (κ3) is 3.75. The molecule has 0 radical (unpaired) electrons. The summed E-state index contributed by atoms with van der Waals surface area (Å²) in [5.41, 5.74) is 2.02. The zero-order valence-electron chi connectivity index (χ0n) is 23.8. The summed E-state index contributed by atoms with van der Waals surface area (Å²) in [7, 11) is 0. The first-order valence-corrected chi connectivity index (χ1v) is 14.6. The molecule has 8 rings (SSSR count). The molecule has 0 aromatic heterocycles. The smallest absolute Gasteiger partial charge is 0.238 e. The fourth-order valence-corrected chi connectivity index (χ4v) is 7.46. The molecule has 45 heavy (non-hydrogen) atoms. The van der Waals surface area contributed by atoms with Crippen LogP contribution in [0.15, 0.2) is 97.2 Å². The number of carbonyl (C=O) groups excluding carboxylic acids is 3. The standard InChI is InChI=1S/C36H25N3O6/c37-16-18-43-27-12-6-3-9-24(27)33(41)31-30(32(40)22-13-14-28-29(19-22)45-20-44-28)36(25-10-4-5-11-26(25)38-35(36)42)34-23-8-2-1-7-21(23)15-17-39(31)34/h1-15,17,19,30-31,34H,18,20H2,(H,38,42)/t30-,31+,34-,36+/m1/s1. The number of anilines is 1. The first-order chi connectivity index (χ1) is 22.0. The number of nitriles is 1. The molecule has 220 valence electrons. The average Bonchev–Trinajstić information content (AvgIpc) is 3.76. The number of hydrogen-bond acceptors (Lipinski definition) is 8. The minimum Gasteiger partial charge on any atom is -0.478 e. The van der Waals surface area contributed by atoms with Gasteiger partial charge in [0.1, 0.15) is 23.3 Å². The number of rotatable bonds is 6. The Morgan fingerprint density at radius 1 is 0.956 bits per heavy atom. The van der Waals surface area contributed by atoms with E-state index in [0.717, 1.165) is 11.1 Å². The lowest BCUT2D eigenvalue weighted by molar-refractivity contribution is -0.122. The molecule has 9 nitrogen and oxygen atoms in total. The van der Waals surface area contributed by atoms with Crippen LogP contribution in [0.1, 0.15) is 43.4 Å². The van der Waals surface area contributed by atoms with E-state index >= 15 is 4.79 Å². The first-order valence-electron chi connectivity index (χ1n) is 14.6. The quantitative estimate of drug-likeness (QED) is 0.299. The number of Topliss-reactive ketones (excluding diaryl/α,β-unsaturated/α-hetero) is 2. The second-order valence-electron chi connectivity index (χ2n) is 11.3. The van der Waals surface area contributed by atoms with Crippen LogP contribution >= 0.6 is 0 Å². The molecule has 1 fully saturated rings. The molecule has 4 aromatic carbocycles. The van der Waals surface area contributed by atoms with Crippen LogP contribution in [0.3, 0.4) is 0 Å². The van der Waals surface area contributed by atoms with Gasteiger partial charge in [-0.15, -0.1) is 0 Å². The number of hydrogen-bond donors (Lipinski definition) is 1. The molecule has 0 saturated carbocycles. The minimum atomic E-state index is -1.48. The van der Waals surface area contributed by atoms with Gasteiger partial charge in [0.25, 0.3) is 0 Å². The molecule has 1 N–H and O–H groups in total. The molecule has 0 bridgehead atoms. The monoisotopic (exact) mass is 595 g/mol. The van der Waals surface area contributed by atoms with Gasteiger partial charge in [0.15, 0.2) is 29.7 Å². The van der Waals surface area contributed by atoms with Crippen molar-refractivity contribution in [3.05, 3.63) is 125 Å². The average molecular weight is 596 g/mol. The van der Waals surface area contributed by atoms with E-state index in [2.05, 4.69) is 5.32 Å². The van der Waals surface area contributed by atoms with Crippen LogP contribution in [0.2, 0.25) is 0 Å². The Morgan fingerprint density at radius 2 is 1.73 bits per heavy atom. The van der Waals surface area contributed by atoms with Crippen LogP contribution in [-0.2, 0) is 10.2 Å². The van der Waals surface area contributed by atoms with Crippen LogP contribution in [-0.4, -0.2) is 41.8 Å². The van der Waals surface area contributed by atoms with Crippen molar-refractivity contribution in [1.29, 1.82) is 5.26 Å². The van der Waals surface area contributed by atoms with Crippen LogP contribution < -0.4 is 19.5 Å². The molecular formula is C36H25N3O6. The molecule has 4 aromatic rings. The number of amides is 1. The maximum Gasteiger partial charge on any atom is 0.238 e. The Bertz CT molecular complexity index is 2000. The summed E-state index contributed by atoms with van der Waals surface area (Å²) in [6.45, 7) is -0.220. The summed E-state index contributed by atoms with van der Waals surface area (Å²) in [6, 6.07) is 26.9. The predicted molar refractivity (Wildman–Crippen MR) is 163 cm³/mol. The highest BCUT2D eigenvalue weighted by molar-refractivity contribution is 6.17. The zero-order valence-corrected chi connectivity index (χ0v) is 23.8. The van der Waals surface area contributed by atoms with Crippen LogP contribution in [0.25, 0.3) is 6.08 Å². The molecule has 4 aliphatic heterocycles. The van der Waals surface area contributed by atoms with E-state index in [4.69, 9.17) is 14.2 Å². The van der Waals surface area contributed by atoms with Gasteiger partial charge in [-0.05, 0) is 59.2 Å². The number of nitrogens with one attached hydrogen (secondary N) is 1. The van der Waals surface area contributed by atoms with Crippen molar-refractivity contribution < 1.29 is 28.6 Å². The highest BCUT2D eigenvalue weighted by Crippen LogP contribution is 2.62. The van der Waals surface area contributed by atoms with E-state index in [9.17, 15) is 14.9 Å². The number of para-hydroxylation sites is 2. The molecule has 9 heteroatoms. The number of nitrogens with zero attached hydrogens (tertiary/aromatic N) is 2. The third-order valence-corrected chi connectivity index (χ3v) is 9.22. The van der Waals surface area contributed by atoms with Crippen molar-refractivity contribution in [2.75, 3.05) is 18.7 Å². The molecule has 0 aliphatic carbocycles. The van der Waals surface area contributed by atoms with Crippen molar-refractivity contribution in [2.45, 2.75) is 17.5 Å². The lowest BCUT2D eigenvalue weighted by Gasteiger charge is -2.38. The molecule has 4 atom stereocenters. The second-order valence-corrected chi connectivity index (χ2v) is 11.3. The summed E-state index contributed by atoms with van der Waals surface area (Å²) >= 11 is 0. The van der Waals surface area contributed by atoms with E-state index in [0.29, 0.717) is 28.3 Å². The minimum absolute atomic E-state index is 0.0359. The molecule has 0 unspecified atom stereocenters. The van der Waals surface area contributed by atoms with Gasteiger partial charge in [-0.3, -0.25) is 14.4 Å². The zero-order chi connectivity index (χ0) is 30.7. The Morgan fingerprint density at radius 3 is 2.62 bits per heavy atom. The first kappa shape index (κ1) is 26.7. The van der Waals surface area contributed by atoms with Crippen molar-refractivity contribution in [2.24, 2.45) is 5.92 Å². The van der Waals surface area contributed by atoms with Gasteiger partial charge in [0, 0.05) is 17.5 Å². The van der Waals surface area contributed by atoms with Crippen LogP contribution in [0.5, 0.6) is 17.2 Å². The Hall–Kier alpha value is -5.88. The number of ketones is 2. The number of fused-ring (bicyclic) bond motifs is 7. The third-order valence-electron chi connectivity index (χ3n) is 9.22. The Balaban J connectivity index is 1.40. The maximum atomic E-state index is 15.1. The van der Waals surface area contributed by atoms with E-state index in [1.807, 2.05) is 71.8 Å². The van der Waals surface area contributed by atoms with Gasteiger partial charge in [-0.1, -0.05) is 54.6 Å². The highest BCUT2D eigenvalue weighted by Gasteiger charge is 2.70. The fraction of sp³-hybridized carbons (Fsp3) is 0.167. The summed E-state index contributed by atoms with van der Waals surface area (Å²) in [5, 5.41) is 12.3. The maximum absolute atomic E-state index is 15.1. The number of ether oxygens (including phenoxy) is 3. The van der Waals surface area contributed by atoms with Crippen molar-refractivity contribution >= 4 is 29.2 Å². The molecule has 1 saturated heterocycles. The highest BCUT2D eigenvalue weighted by atomic mass is 16.7. The largest absolute Gasteiger partial charge is 0.478 e. The number of benzene rings is 4. The normalized spacial score (nSPS) is 23.1. The van der Waals surface area contributed by atoms with Gasteiger partial charge in [0.05, 0.1) is 17.5 Å². The van der Waals surface area contributed by atoms with E-state index in [1.165, 1.54) is 0 Å². The molecular weight excluding hydrogens is 570 g/mol. The second kappa shape index (κ2) is 10.1. The molecule has 4 heterocycles. The van der Waals surface area contributed by atoms with E-state index in [-0.39, 0.29) is 36.4 Å². The Labute approximate surface area is 258 Å². The van der Waals surface area contributed by atoms with Crippen molar-refractivity contribution in [3.8, 4) is 23.3 Å². The van der Waals surface area contributed by atoms with Gasteiger partial charge in [-0.25, -0.2) is 0 Å². The molecule has 1 spiro atoms. The topological polar surface area (TPSA) is 118 Å². The van der Waals surface area contributed by atoms with Crippen LogP contribution in [0.4, 0.5) is 5.69 Å². The summed E-state index contributed by atoms with van der Waals surface area (Å²) < 4.78 is 16.8. The number of carbonyl (C=O) groups is 3. The summed E-state index contributed by atoms with van der Waals surface area (Å²) in [5.74, 6) is -1.13. The van der Waals surface area contributed by atoms with Gasteiger partial charge >= 0.3 is 0 Å². The Kier molecular flexibility index (Phi) is 6.00. The summed E-state index contributed by atoms with van der Waals surface area (Å²) in [4.78, 5) is 46.5. The van der Waals surface area contributed by atoms with Crippen LogP contribution in [0, 0.1) is 17.2 Å². The lowest BCUT2D eigenvalue weighted by atomic mass is 9.62. The predicted octanol–water partition coefficient (Wildman–Crippen LogP) is 5.30. The SMILES string of the molecule is N#CCOc1ccccc1C(=O)[C@@H]1[C@H](C(=O)c2ccc3c(c2)OCO3)[C@]2(C(=O)Nc3ccccc32)[C@H]2c3ccccc3C=CN12. The molecule has 1 amide bonds. The van der Waals surface area contributed by atoms with Crippen molar-refractivity contribution in [3.63, 3.8) is 0 Å².